The molecule has 0 saturated carbocycles. The SMILES string of the molecule is CCCCc1cc(=O)n(CC(=O)Nc2cccc(Cl)c2C)cn1. The summed E-state index contributed by atoms with van der Waals surface area (Å²) in [5.41, 5.74) is 1.98. The van der Waals surface area contributed by atoms with Crippen LogP contribution in [0.4, 0.5) is 5.69 Å². The molecule has 2 rings (SSSR count). The molecule has 0 aliphatic rings. The van der Waals surface area contributed by atoms with Crippen molar-refractivity contribution in [2.24, 2.45) is 0 Å². The molecule has 1 N–H and O–H groups in total. The average molecular weight is 334 g/mol. The number of hydrogen-bond acceptors (Lipinski definition) is 3. The van der Waals surface area contributed by atoms with Gasteiger partial charge in [-0.3, -0.25) is 14.2 Å². The number of halogens is 1. The molecule has 0 aliphatic heterocycles. The van der Waals surface area contributed by atoms with Gasteiger partial charge in [0.25, 0.3) is 5.56 Å². The predicted octanol–water partition coefficient (Wildman–Crippen LogP) is 3.19. The third-order valence-corrected chi connectivity index (χ3v) is 3.99. The molecule has 1 amide bonds. The van der Waals surface area contributed by atoms with Gasteiger partial charge in [0, 0.05) is 22.5 Å². The van der Waals surface area contributed by atoms with E-state index in [1.807, 2.05) is 6.92 Å². The third kappa shape index (κ3) is 4.66. The van der Waals surface area contributed by atoms with Crippen molar-refractivity contribution in [2.45, 2.75) is 39.7 Å². The van der Waals surface area contributed by atoms with Gasteiger partial charge < -0.3 is 5.32 Å². The molecule has 0 atom stereocenters. The van der Waals surface area contributed by atoms with Crippen LogP contribution in [0.2, 0.25) is 5.02 Å². The number of unbranched alkanes of at least 4 members (excludes halogenated alkanes) is 1. The Hall–Kier alpha value is -2.14. The first-order valence-corrected chi connectivity index (χ1v) is 7.99. The minimum atomic E-state index is -0.291. The van der Waals surface area contributed by atoms with E-state index in [1.165, 1.54) is 17.0 Å². The van der Waals surface area contributed by atoms with E-state index < -0.39 is 0 Å². The smallest absolute Gasteiger partial charge is 0.253 e. The lowest BCUT2D eigenvalue weighted by Crippen LogP contribution is -2.28. The summed E-state index contributed by atoms with van der Waals surface area (Å²) in [5.74, 6) is -0.291. The van der Waals surface area contributed by atoms with Crippen molar-refractivity contribution in [3.8, 4) is 0 Å². The number of anilines is 1. The summed E-state index contributed by atoms with van der Waals surface area (Å²) in [6.45, 7) is 3.84. The number of aromatic nitrogens is 2. The zero-order valence-corrected chi connectivity index (χ0v) is 14.1. The molecule has 0 aliphatic carbocycles. The van der Waals surface area contributed by atoms with Crippen LogP contribution >= 0.6 is 11.6 Å². The summed E-state index contributed by atoms with van der Waals surface area (Å²) in [4.78, 5) is 28.4. The van der Waals surface area contributed by atoms with Gasteiger partial charge >= 0.3 is 0 Å². The van der Waals surface area contributed by atoms with E-state index >= 15 is 0 Å². The first-order chi connectivity index (χ1) is 11.0. The fourth-order valence-corrected chi connectivity index (χ4v) is 2.34. The molecule has 0 radical (unpaired) electrons. The van der Waals surface area contributed by atoms with Gasteiger partial charge in [-0.25, -0.2) is 4.98 Å². The van der Waals surface area contributed by atoms with Crippen molar-refractivity contribution in [2.75, 3.05) is 5.32 Å². The minimum absolute atomic E-state index is 0.0775. The number of nitrogens with one attached hydrogen (secondary N) is 1. The van der Waals surface area contributed by atoms with Crippen molar-refractivity contribution in [1.29, 1.82) is 0 Å². The van der Waals surface area contributed by atoms with Crippen LogP contribution in [0.3, 0.4) is 0 Å². The highest BCUT2D eigenvalue weighted by Crippen LogP contribution is 2.22. The minimum Gasteiger partial charge on any atom is -0.324 e. The Kier molecular flexibility index (Phi) is 5.93. The van der Waals surface area contributed by atoms with Gasteiger partial charge in [0.15, 0.2) is 0 Å². The summed E-state index contributed by atoms with van der Waals surface area (Å²) in [5, 5.41) is 3.35. The number of rotatable bonds is 6. The van der Waals surface area contributed by atoms with Crippen LogP contribution < -0.4 is 10.9 Å². The number of hydrogen-bond donors (Lipinski definition) is 1. The maximum atomic E-state index is 12.1. The first-order valence-electron chi connectivity index (χ1n) is 7.61. The molecule has 6 heteroatoms. The van der Waals surface area contributed by atoms with E-state index in [2.05, 4.69) is 17.2 Å². The summed E-state index contributed by atoms with van der Waals surface area (Å²) in [6.07, 6.45) is 4.25. The van der Waals surface area contributed by atoms with E-state index in [4.69, 9.17) is 11.6 Å². The second-order valence-electron chi connectivity index (χ2n) is 5.41. The molecule has 0 unspecified atom stereocenters. The van der Waals surface area contributed by atoms with E-state index in [-0.39, 0.29) is 18.0 Å². The number of benzene rings is 1. The maximum absolute atomic E-state index is 12.1. The summed E-state index contributed by atoms with van der Waals surface area (Å²) < 4.78 is 1.30. The normalized spacial score (nSPS) is 10.6. The summed E-state index contributed by atoms with van der Waals surface area (Å²) in [7, 11) is 0. The van der Waals surface area contributed by atoms with Crippen molar-refractivity contribution in [3.63, 3.8) is 0 Å². The standard InChI is InChI=1S/C17H20ClN3O2/c1-3-4-6-13-9-17(23)21(11-19-13)10-16(22)20-15-8-5-7-14(18)12(15)2/h5,7-9,11H,3-4,6,10H2,1-2H3,(H,20,22). The van der Waals surface area contributed by atoms with Gasteiger partial charge in [-0.15, -0.1) is 0 Å². The van der Waals surface area contributed by atoms with Crippen LogP contribution in [0.1, 0.15) is 31.0 Å². The third-order valence-electron chi connectivity index (χ3n) is 3.58. The van der Waals surface area contributed by atoms with Crippen LogP contribution in [-0.2, 0) is 17.8 Å². The fraction of sp³-hybridized carbons (Fsp3) is 0.353. The number of amides is 1. The highest BCUT2D eigenvalue weighted by Gasteiger charge is 2.09. The highest BCUT2D eigenvalue weighted by atomic mass is 35.5. The summed E-state index contributed by atoms with van der Waals surface area (Å²) in [6, 6.07) is 6.79. The van der Waals surface area contributed by atoms with E-state index in [1.54, 1.807) is 18.2 Å². The predicted molar refractivity (Wildman–Crippen MR) is 91.9 cm³/mol. The molecular formula is C17H20ClN3O2. The molecule has 0 fully saturated rings. The molecule has 2 aromatic rings. The van der Waals surface area contributed by atoms with Crippen molar-refractivity contribution >= 4 is 23.2 Å². The number of carbonyl (C=O) groups is 1. The molecular weight excluding hydrogens is 314 g/mol. The van der Waals surface area contributed by atoms with Gasteiger partial charge in [-0.05, 0) is 37.5 Å². The van der Waals surface area contributed by atoms with Crippen LogP contribution in [0.5, 0.6) is 0 Å². The summed E-state index contributed by atoms with van der Waals surface area (Å²) >= 11 is 6.03. The van der Waals surface area contributed by atoms with Gasteiger partial charge in [0.05, 0.1) is 6.33 Å². The average Bonchev–Trinajstić information content (AvgIpc) is 2.52. The first kappa shape index (κ1) is 17.2. The quantitative estimate of drug-likeness (QED) is 0.883. The maximum Gasteiger partial charge on any atom is 0.253 e. The second kappa shape index (κ2) is 7.92. The van der Waals surface area contributed by atoms with E-state index in [0.717, 1.165) is 30.5 Å². The number of nitrogens with zero attached hydrogens (tertiary/aromatic N) is 2. The van der Waals surface area contributed by atoms with Gasteiger partial charge in [0.1, 0.15) is 6.54 Å². The zero-order chi connectivity index (χ0) is 16.8. The van der Waals surface area contributed by atoms with Gasteiger partial charge in [-0.2, -0.15) is 0 Å². The monoisotopic (exact) mass is 333 g/mol. The van der Waals surface area contributed by atoms with Gasteiger partial charge in [0.2, 0.25) is 5.91 Å². The molecule has 23 heavy (non-hydrogen) atoms. The van der Waals surface area contributed by atoms with E-state index in [0.29, 0.717) is 10.7 Å². The Bertz CT molecular complexity index is 756. The van der Waals surface area contributed by atoms with Crippen LogP contribution in [0.15, 0.2) is 35.4 Å². The molecule has 122 valence electrons. The van der Waals surface area contributed by atoms with Crippen molar-refractivity contribution in [1.82, 2.24) is 9.55 Å². The number of carbonyl (C=O) groups excluding carboxylic acids is 1. The molecule has 1 heterocycles. The van der Waals surface area contributed by atoms with Crippen LogP contribution in [0.25, 0.3) is 0 Å². The topological polar surface area (TPSA) is 64.0 Å². The lowest BCUT2D eigenvalue weighted by Gasteiger charge is -2.10. The Morgan fingerprint density at radius 3 is 2.87 bits per heavy atom. The lowest BCUT2D eigenvalue weighted by molar-refractivity contribution is -0.116. The molecule has 1 aromatic carbocycles. The largest absolute Gasteiger partial charge is 0.324 e. The highest BCUT2D eigenvalue weighted by molar-refractivity contribution is 6.31. The van der Waals surface area contributed by atoms with E-state index in [9.17, 15) is 9.59 Å². The van der Waals surface area contributed by atoms with Crippen LogP contribution in [0, 0.1) is 6.92 Å². The zero-order valence-electron chi connectivity index (χ0n) is 13.3. The van der Waals surface area contributed by atoms with Gasteiger partial charge in [-0.1, -0.05) is 31.0 Å². The molecule has 0 saturated heterocycles. The van der Waals surface area contributed by atoms with Crippen molar-refractivity contribution in [3.05, 3.63) is 57.2 Å². The molecule has 5 nitrogen and oxygen atoms in total. The van der Waals surface area contributed by atoms with Crippen molar-refractivity contribution < 1.29 is 4.79 Å². The Labute approximate surface area is 140 Å². The number of aryl methyl sites for hydroxylation is 1. The van der Waals surface area contributed by atoms with Crippen LogP contribution in [-0.4, -0.2) is 15.5 Å². The molecule has 0 spiro atoms. The fourth-order valence-electron chi connectivity index (χ4n) is 2.16. The Morgan fingerprint density at radius 1 is 1.39 bits per heavy atom. The lowest BCUT2D eigenvalue weighted by atomic mass is 10.2. The Balaban J connectivity index is 2.05. The Morgan fingerprint density at radius 2 is 2.17 bits per heavy atom. The second-order valence-corrected chi connectivity index (χ2v) is 5.82. The molecule has 0 bridgehead atoms. The molecule has 1 aromatic heterocycles.